The topological polar surface area (TPSA) is 80.4 Å². The minimum absolute atomic E-state index is 0.203. The average Bonchev–Trinajstić information content (AvgIpc) is 2.28. The van der Waals surface area contributed by atoms with Gasteiger partial charge in [-0.1, -0.05) is 23.7 Å². The summed E-state index contributed by atoms with van der Waals surface area (Å²) in [5.41, 5.74) is 6.10. The van der Waals surface area contributed by atoms with E-state index in [0.29, 0.717) is 5.02 Å². The van der Waals surface area contributed by atoms with Gasteiger partial charge in [0.15, 0.2) is 0 Å². The quantitative estimate of drug-likeness (QED) is 0.822. The Bertz CT molecular complexity index is 408. The molecule has 1 rings (SSSR count). The third-order valence-corrected chi connectivity index (χ3v) is 4.19. The summed E-state index contributed by atoms with van der Waals surface area (Å²) in [6.45, 7) is 0.212. The third kappa shape index (κ3) is 4.46. The number of hydrogen-bond acceptors (Lipinski definition) is 3. The van der Waals surface area contributed by atoms with Crippen molar-refractivity contribution < 1.29 is 14.1 Å². The maximum absolute atomic E-state index is 11.9. The third-order valence-electron chi connectivity index (χ3n) is 2.24. The molecule has 4 nitrogen and oxygen atoms in total. The molecule has 0 fully saturated rings. The Kier molecular flexibility index (Phi) is 5.61. The lowest BCUT2D eigenvalue weighted by Crippen LogP contribution is -2.29. The van der Waals surface area contributed by atoms with Gasteiger partial charge in [0.2, 0.25) is 0 Å². The lowest BCUT2D eigenvalue weighted by atomic mass is 10.2. The van der Waals surface area contributed by atoms with Crippen LogP contribution in [0, 0.1) is 0 Å². The van der Waals surface area contributed by atoms with Crippen LogP contribution in [0.1, 0.15) is 12.0 Å². The average molecular weight is 276 g/mol. The van der Waals surface area contributed by atoms with Crippen LogP contribution < -0.4 is 5.73 Å². The Morgan fingerprint density at radius 1 is 1.41 bits per heavy atom. The number of carboxylic acid groups (broad SMARTS) is 1. The van der Waals surface area contributed by atoms with Gasteiger partial charge in [0.05, 0.1) is 0 Å². The highest BCUT2D eigenvalue weighted by Crippen LogP contribution is 2.13. The molecule has 17 heavy (non-hydrogen) atoms. The molecule has 0 aliphatic heterocycles. The molecule has 1 aromatic rings. The van der Waals surface area contributed by atoms with Crippen molar-refractivity contribution in [2.45, 2.75) is 17.4 Å². The van der Waals surface area contributed by atoms with E-state index in [9.17, 15) is 9.00 Å². The van der Waals surface area contributed by atoms with Crippen molar-refractivity contribution in [3.63, 3.8) is 0 Å². The molecule has 0 saturated heterocycles. The molecule has 1 aromatic carbocycles. The number of carbonyl (C=O) groups is 1. The fourth-order valence-corrected chi connectivity index (χ4v) is 2.84. The van der Waals surface area contributed by atoms with Gasteiger partial charge < -0.3 is 10.8 Å². The van der Waals surface area contributed by atoms with Crippen LogP contribution in [0.2, 0.25) is 5.02 Å². The Labute approximate surface area is 107 Å². The first-order chi connectivity index (χ1) is 8.04. The summed E-state index contributed by atoms with van der Waals surface area (Å²) in [6, 6.07) is 6.85. The molecule has 0 aromatic heterocycles. The molecule has 94 valence electrons. The summed E-state index contributed by atoms with van der Waals surface area (Å²) >= 11 is 5.72. The first-order valence-corrected chi connectivity index (χ1v) is 6.85. The van der Waals surface area contributed by atoms with Crippen molar-refractivity contribution >= 4 is 28.4 Å². The molecule has 0 heterocycles. The van der Waals surface area contributed by atoms with Crippen molar-refractivity contribution in [3.8, 4) is 0 Å². The summed E-state index contributed by atoms with van der Waals surface area (Å²) in [6.07, 6.45) is 0.218. The summed E-state index contributed by atoms with van der Waals surface area (Å²) < 4.78 is 11.9. The first kappa shape index (κ1) is 14.2. The molecule has 6 heteroatoms. The van der Waals surface area contributed by atoms with E-state index in [1.165, 1.54) is 0 Å². The maximum atomic E-state index is 11.9. The van der Waals surface area contributed by atoms with Crippen LogP contribution in [0.15, 0.2) is 24.3 Å². The van der Waals surface area contributed by atoms with E-state index in [4.69, 9.17) is 22.4 Å². The summed E-state index contributed by atoms with van der Waals surface area (Å²) in [5, 5.41) is 8.61. The highest BCUT2D eigenvalue weighted by atomic mass is 35.5. The van der Waals surface area contributed by atoms with Crippen molar-refractivity contribution in [2.24, 2.45) is 5.73 Å². The zero-order valence-electron chi connectivity index (χ0n) is 9.14. The molecule has 0 spiro atoms. The molecule has 2 unspecified atom stereocenters. The molecular formula is C11H14ClNO3S. The van der Waals surface area contributed by atoms with Gasteiger partial charge in [-0.25, -0.2) is 0 Å². The summed E-state index contributed by atoms with van der Waals surface area (Å²) in [5.74, 6) is -0.864. The minimum atomic E-state index is -1.47. The van der Waals surface area contributed by atoms with E-state index in [0.717, 1.165) is 5.56 Å². The monoisotopic (exact) mass is 275 g/mol. The van der Waals surface area contributed by atoms with Crippen molar-refractivity contribution in [1.29, 1.82) is 0 Å². The van der Waals surface area contributed by atoms with Gasteiger partial charge in [0, 0.05) is 21.6 Å². The zero-order chi connectivity index (χ0) is 12.8. The predicted molar refractivity (Wildman–Crippen MR) is 68.4 cm³/mol. The number of carboxylic acids is 1. The zero-order valence-corrected chi connectivity index (χ0v) is 10.7. The van der Waals surface area contributed by atoms with Crippen molar-refractivity contribution in [1.82, 2.24) is 0 Å². The van der Waals surface area contributed by atoms with Gasteiger partial charge in [-0.2, -0.15) is 0 Å². The highest BCUT2D eigenvalue weighted by molar-refractivity contribution is 7.85. The van der Waals surface area contributed by atoms with E-state index >= 15 is 0 Å². The number of rotatable bonds is 6. The molecule has 3 N–H and O–H groups in total. The second-order valence-electron chi connectivity index (χ2n) is 3.56. The molecule has 0 amide bonds. The fourth-order valence-electron chi connectivity index (χ4n) is 1.36. The number of halogens is 1. The van der Waals surface area contributed by atoms with Crippen LogP contribution in [0.25, 0.3) is 0 Å². The van der Waals surface area contributed by atoms with E-state index in [1.54, 1.807) is 24.3 Å². The summed E-state index contributed by atoms with van der Waals surface area (Å²) in [7, 11) is -1.47. The lowest BCUT2D eigenvalue weighted by Gasteiger charge is -2.10. The van der Waals surface area contributed by atoms with Crippen LogP contribution in [0.5, 0.6) is 0 Å². The normalized spacial score (nSPS) is 14.2. The van der Waals surface area contributed by atoms with Crippen LogP contribution in [0.4, 0.5) is 0 Å². The van der Waals surface area contributed by atoms with Crippen LogP contribution in [-0.4, -0.2) is 27.1 Å². The first-order valence-electron chi connectivity index (χ1n) is 5.09. The van der Waals surface area contributed by atoms with E-state index in [2.05, 4.69) is 0 Å². The SMILES string of the molecule is NCCC(C(=O)O)S(=O)Cc1ccc(Cl)cc1. The predicted octanol–water partition coefficient (Wildman–Crippen LogP) is 1.39. The molecule has 0 saturated carbocycles. The number of aliphatic carboxylic acids is 1. The van der Waals surface area contributed by atoms with Crippen molar-refractivity contribution in [3.05, 3.63) is 34.9 Å². The van der Waals surface area contributed by atoms with Gasteiger partial charge in [-0.05, 0) is 30.7 Å². The second kappa shape index (κ2) is 6.74. The number of hydrogen-bond donors (Lipinski definition) is 2. The fraction of sp³-hybridized carbons (Fsp3) is 0.364. The Morgan fingerprint density at radius 2 is 2.00 bits per heavy atom. The standard InChI is InChI=1S/C11H14ClNO3S/c12-9-3-1-8(2-4-9)7-17(16)10(5-6-13)11(14)15/h1-4,10H,5-7,13H2,(H,14,15). The van der Waals surface area contributed by atoms with Crippen LogP contribution >= 0.6 is 11.6 Å². The highest BCUT2D eigenvalue weighted by Gasteiger charge is 2.23. The van der Waals surface area contributed by atoms with Crippen LogP contribution in [-0.2, 0) is 21.3 Å². The summed E-state index contributed by atoms with van der Waals surface area (Å²) in [4.78, 5) is 10.9. The Hall–Kier alpha value is -0.910. The second-order valence-corrected chi connectivity index (χ2v) is 5.61. The van der Waals surface area contributed by atoms with Gasteiger partial charge in [0.25, 0.3) is 0 Å². The minimum Gasteiger partial charge on any atom is -0.480 e. The Morgan fingerprint density at radius 3 is 2.47 bits per heavy atom. The Balaban J connectivity index is 2.69. The molecule has 2 atom stereocenters. The van der Waals surface area contributed by atoms with Gasteiger partial charge in [0.1, 0.15) is 5.25 Å². The molecule has 0 aliphatic carbocycles. The smallest absolute Gasteiger partial charge is 0.319 e. The molecule has 0 radical (unpaired) electrons. The van der Waals surface area contributed by atoms with Gasteiger partial charge in [-0.15, -0.1) is 0 Å². The van der Waals surface area contributed by atoms with E-state index in [-0.39, 0.29) is 18.7 Å². The molecular weight excluding hydrogens is 262 g/mol. The van der Waals surface area contributed by atoms with Gasteiger partial charge in [-0.3, -0.25) is 9.00 Å². The molecule has 0 bridgehead atoms. The van der Waals surface area contributed by atoms with E-state index < -0.39 is 22.0 Å². The number of nitrogens with two attached hydrogens (primary N) is 1. The maximum Gasteiger partial charge on any atom is 0.319 e. The van der Waals surface area contributed by atoms with Crippen LogP contribution in [0.3, 0.4) is 0 Å². The van der Waals surface area contributed by atoms with E-state index in [1.807, 2.05) is 0 Å². The number of benzene rings is 1. The molecule has 0 aliphatic rings. The van der Waals surface area contributed by atoms with Gasteiger partial charge >= 0.3 is 5.97 Å². The lowest BCUT2D eigenvalue weighted by molar-refractivity contribution is -0.136. The van der Waals surface area contributed by atoms with Crippen molar-refractivity contribution in [2.75, 3.05) is 6.54 Å². The largest absolute Gasteiger partial charge is 0.480 e.